The predicted molar refractivity (Wildman–Crippen MR) is 89.6 cm³/mol. The van der Waals surface area contributed by atoms with E-state index < -0.39 is 0 Å². The Morgan fingerprint density at radius 1 is 1.25 bits per heavy atom. The number of aliphatic hydroxyl groups excluding tert-OH is 1. The minimum Gasteiger partial charge on any atom is -0.497 e. The summed E-state index contributed by atoms with van der Waals surface area (Å²) in [5.41, 5.74) is 2.42. The number of hydrogen-bond acceptors (Lipinski definition) is 4. The monoisotopic (exact) mass is 310 g/mol. The minimum atomic E-state index is -0.322. The lowest BCUT2D eigenvalue weighted by atomic mass is 10.0. The second-order valence-electron chi connectivity index (χ2n) is 5.10. The Bertz CT molecular complexity index is 476. The first-order valence-corrected chi connectivity index (χ1v) is 9.18. The summed E-state index contributed by atoms with van der Waals surface area (Å²) in [5, 5.41) is 10.5. The zero-order chi connectivity index (χ0) is 14.7. The van der Waals surface area contributed by atoms with Crippen LogP contribution in [0.15, 0.2) is 34.1 Å². The molecule has 0 bridgehead atoms. The van der Waals surface area contributed by atoms with Crippen molar-refractivity contribution in [2.45, 2.75) is 25.4 Å². The van der Waals surface area contributed by atoms with Gasteiger partial charge in [0.2, 0.25) is 0 Å². The van der Waals surface area contributed by atoms with Gasteiger partial charge in [-0.3, -0.25) is 0 Å². The number of methoxy groups -OCH3 is 1. The van der Waals surface area contributed by atoms with Crippen molar-refractivity contribution in [1.29, 1.82) is 0 Å². The van der Waals surface area contributed by atoms with Crippen LogP contribution >= 0.6 is 23.5 Å². The van der Waals surface area contributed by atoms with E-state index in [1.54, 1.807) is 30.6 Å². The summed E-state index contributed by atoms with van der Waals surface area (Å²) in [4.78, 5) is 0. The number of rotatable bonds is 6. The maximum atomic E-state index is 10.5. The van der Waals surface area contributed by atoms with Crippen molar-refractivity contribution in [3.63, 3.8) is 0 Å². The lowest BCUT2D eigenvalue weighted by Crippen LogP contribution is -2.13. The highest BCUT2D eigenvalue weighted by Crippen LogP contribution is 2.52. The second-order valence-corrected chi connectivity index (χ2v) is 6.99. The highest BCUT2D eigenvalue weighted by Gasteiger charge is 2.44. The molecular formula is C16H22O2S2. The van der Waals surface area contributed by atoms with E-state index in [1.165, 1.54) is 9.80 Å². The summed E-state index contributed by atoms with van der Waals surface area (Å²) in [6.07, 6.45) is 4.88. The standard InChI is InChI=1S/C16H22O2S2/c1-10(16(19-3)20-4)15(17)14-9-13(14)11-5-7-12(18-2)8-6-11/h5-8,13-15,17H,9H2,1-4H3. The van der Waals surface area contributed by atoms with Crippen LogP contribution in [-0.2, 0) is 0 Å². The average Bonchev–Trinajstić information content (AvgIpc) is 3.28. The molecule has 3 atom stereocenters. The Morgan fingerprint density at radius 2 is 1.85 bits per heavy atom. The quantitative estimate of drug-likeness (QED) is 0.856. The zero-order valence-corrected chi connectivity index (χ0v) is 14.1. The van der Waals surface area contributed by atoms with Crippen molar-refractivity contribution in [3.8, 4) is 5.75 Å². The molecule has 2 nitrogen and oxygen atoms in total. The Hall–Kier alpha value is -0.580. The van der Waals surface area contributed by atoms with Crippen LogP contribution in [-0.4, -0.2) is 30.8 Å². The molecule has 1 aromatic carbocycles. The number of aliphatic hydroxyl groups is 1. The first-order chi connectivity index (χ1) is 9.62. The SMILES string of the molecule is COc1ccc(C2CC2C(O)C(C)=C(SC)SC)cc1. The van der Waals surface area contributed by atoms with E-state index in [9.17, 15) is 5.11 Å². The molecule has 110 valence electrons. The molecule has 0 saturated heterocycles. The van der Waals surface area contributed by atoms with Gasteiger partial charge in [-0.15, -0.1) is 23.5 Å². The highest BCUT2D eigenvalue weighted by atomic mass is 32.2. The predicted octanol–water partition coefficient (Wildman–Crippen LogP) is 4.12. The molecule has 1 aliphatic carbocycles. The van der Waals surface area contributed by atoms with Gasteiger partial charge in [0.25, 0.3) is 0 Å². The van der Waals surface area contributed by atoms with Gasteiger partial charge < -0.3 is 9.84 Å². The van der Waals surface area contributed by atoms with Crippen molar-refractivity contribution in [1.82, 2.24) is 0 Å². The Labute approximate surface area is 130 Å². The van der Waals surface area contributed by atoms with Crippen molar-refractivity contribution in [2.75, 3.05) is 19.6 Å². The van der Waals surface area contributed by atoms with E-state index in [4.69, 9.17) is 4.74 Å². The normalized spacial score (nSPS) is 22.2. The van der Waals surface area contributed by atoms with Crippen molar-refractivity contribution < 1.29 is 9.84 Å². The second kappa shape index (κ2) is 6.92. The topological polar surface area (TPSA) is 29.5 Å². The highest BCUT2D eigenvalue weighted by molar-refractivity contribution is 8.21. The maximum absolute atomic E-state index is 10.5. The van der Waals surface area contributed by atoms with Crippen LogP contribution in [0.3, 0.4) is 0 Å². The Morgan fingerprint density at radius 3 is 2.35 bits per heavy atom. The van der Waals surface area contributed by atoms with Gasteiger partial charge >= 0.3 is 0 Å². The van der Waals surface area contributed by atoms with Crippen molar-refractivity contribution in [3.05, 3.63) is 39.6 Å². The molecule has 1 aromatic rings. The van der Waals surface area contributed by atoms with Gasteiger partial charge in [0.15, 0.2) is 0 Å². The van der Waals surface area contributed by atoms with Crippen molar-refractivity contribution >= 4 is 23.5 Å². The molecule has 0 radical (unpaired) electrons. The molecule has 1 aliphatic rings. The van der Waals surface area contributed by atoms with Crippen LogP contribution in [0, 0.1) is 5.92 Å². The fourth-order valence-corrected chi connectivity index (χ4v) is 4.20. The maximum Gasteiger partial charge on any atom is 0.118 e. The molecule has 2 rings (SSSR count). The Kier molecular flexibility index (Phi) is 5.47. The van der Waals surface area contributed by atoms with Gasteiger partial charge in [0.05, 0.1) is 13.2 Å². The van der Waals surface area contributed by atoms with E-state index >= 15 is 0 Å². The van der Waals surface area contributed by atoms with E-state index in [1.807, 2.05) is 12.1 Å². The lowest BCUT2D eigenvalue weighted by Gasteiger charge is -2.15. The Balaban J connectivity index is 2.05. The van der Waals surface area contributed by atoms with Gasteiger partial charge in [0.1, 0.15) is 5.75 Å². The summed E-state index contributed by atoms with van der Waals surface area (Å²) < 4.78 is 6.41. The first kappa shape index (κ1) is 15.8. The number of hydrogen-bond donors (Lipinski definition) is 1. The van der Waals surface area contributed by atoms with Gasteiger partial charge in [-0.2, -0.15) is 0 Å². The van der Waals surface area contributed by atoms with Gasteiger partial charge in [0, 0.05) is 4.24 Å². The molecule has 20 heavy (non-hydrogen) atoms. The molecule has 0 heterocycles. The molecule has 3 unspecified atom stereocenters. The third-order valence-electron chi connectivity index (χ3n) is 3.93. The molecular weight excluding hydrogens is 288 g/mol. The molecule has 1 fully saturated rings. The molecule has 0 spiro atoms. The van der Waals surface area contributed by atoms with E-state index in [2.05, 4.69) is 31.6 Å². The van der Waals surface area contributed by atoms with Gasteiger partial charge in [-0.1, -0.05) is 12.1 Å². The summed E-state index contributed by atoms with van der Waals surface area (Å²) in [7, 11) is 1.68. The summed E-state index contributed by atoms with van der Waals surface area (Å²) >= 11 is 3.44. The van der Waals surface area contributed by atoms with Crippen LogP contribution < -0.4 is 4.74 Å². The average molecular weight is 310 g/mol. The minimum absolute atomic E-state index is 0.322. The smallest absolute Gasteiger partial charge is 0.118 e. The molecule has 1 N–H and O–H groups in total. The van der Waals surface area contributed by atoms with Crippen LogP contribution in [0.25, 0.3) is 0 Å². The molecule has 0 aliphatic heterocycles. The molecule has 1 saturated carbocycles. The number of thioether (sulfide) groups is 2. The van der Waals surface area contributed by atoms with E-state index in [0.29, 0.717) is 11.8 Å². The van der Waals surface area contributed by atoms with Crippen LogP contribution in [0.2, 0.25) is 0 Å². The molecule has 0 aromatic heterocycles. The largest absolute Gasteiger partial charge is 0.497 e. The third kappa shape index (κ3) is 3.35. The summed E-state index contributed by atoms with van der Waals surface area (Å²) in [5.74, 6) is 1.73. The van der Waals surface area contributed by atoms with Gasteiger partial charge in [-0.05, 0) is 61.0 Å². The summed E-state index contributed by atoms with van der Waals surface area (Å²) in [6, 6.07) is 8.21. The van der Waals surface area contributed by atoms with Crippen molar-refractivity contribution in [2.24, 2.45) is 5.92 Å². The zero-order valence-electron chi connectivity index (χ0n) is 12.4. The molecule has 4 heteroatoms. The van der Waals surface area contributed by atoms with E-state index in [0.717, 1.165) is 17.7 Å². The lowest BCUT2D eigenvalue weighted by molar-refractivity contribution is 0.185. The first-order valence-electron chi connectivity index (χ1n) is 6.73. The number of benzene rings is 1. The summed E-state index contributed by atoms with van der Waals surface area (Å²) in [6.45, 7) is 2.05. The van der Waals surface area contributed by atoms with Gasteiger partial charge in [-0.25, -0.2) is 0 Å². The van der Waals surface area contributed by atoms with Crippen LogP contribution in [0.5, 0.6) is 5.75 Å². The third-order valence-corrected chi connectivity index (χ3v) is 6.31. The number of ether oxygens (including phenoxy) is 1. The van der Waals surface area contributed by atoms with Crippen LogP contribution in [0.4, 0.5) is 0 Å². The van der Waals surface area contributed by atoms with E-state index in [-0.39, 0.29) is 6.10 Å². The van der Waals surface area contributed by atoms with Crippen LogP contribution in [0.1, 0.15) is 24.8 Å². The fraction of sp³-hybridized carbons (Fsp3) is 0.500. The molecule has 0 amide bonds. The fourth-order valence-electron chi connectivity index (χ4n) is 2.65.